The topological polar surface area (TPSA) is 30.2 Å². The molecule has 13 heavy (non-hydrogen) atoms. The first-order valence-electron chi connectivity index (χ1n) is 3.46. The molecule has 0 atom stereocenters. The van der Waals surface area contributed by atoms with Crippen molar-refractivity contribution in [2.45, 2.75) is 5.16 Å². The summed E-state index contributed by atoms with van der Waals surface area (Å²) < 4.78 is 2.62. The molecule has 0 radical (unpaired) electrons. The second kappa shape index (κ2) is 3.48. The third-order valence-electron chi connectivity index (χ3n) is 1.60. The predicted octanol–water partition coefficient (Wildman–Crippen LogP) is 2.87. The molecule has 0 saturated carbocycles. The third kappa shape index (κ3) is 1.45. The van der Waals surface area contributed by atoms with E-state index in [4.69, 9.17) is 11.6 Å². The van der Waals surface area contributed by atoms with Crippen molar-refractivity contribution in [1.29, 1.82) is 0 Å². The fourth-order valence-corrected chi connectivity index (χ4v) is 2.17. The number of aromatic nitrogens is 3. The van der Waals surface area contributed by atoms with Crippen molar-refractivity contribution in [3.8, 4) is 0 Å². The van der Waals surface area contributed by atoms with Crippen molar-refractivity contribution in [3.63, 3.8) is 0 Å². The molecule has 0 bridgehead atoms. The van der Waals surface area contributed by atoms with Crippen molar-refractivity contribution >= 4 is 44.9 Å². The number of hydrogen-bond acceptors (Lipinski definition) is 3. The van der Waals surface area contributed by atoms with E-state index < -0.39 is 0 Å². The van der Waals surface area contributed by atoms with Crippen molar-refractivity contribution in [2.24, 2.45) is 0 Å². The lowest BCUT2D eigenvalue weighted by molar-refractivity contribution is 0.900. The maximum absolute atomic E-state index is 5.90. The number of imidazole rings is 1. The van der Waals surface area contributed by atoms with Gasteiger partial charge in [0.05, 0.1) is 4.47 Å². The summed E-state index contributed by atoms with van der Waals surface area (Å²) in [4.78, 5) is 8.36. The van der Waals surface area contributed by atoms with Gasteiger partial charge >= 0.3 is 0 Å². The minimum Gasteiger partial charge on any atom is -0.278 e. The van der Waals surface area contributed by atoms with Gasteiger partial charge < -0.3 is 0 Å². The van der Waals surface area contributed by atoms with Crippen LogP contribution in [-0.4, -0.2) is 20.6 Å². The van der Waals surface area contributed by atoms with Crippen LogP contribution in [0.4, 0.5) is 0 Å². The summed E-state index contributed by atoms with van der Waals surface area (Å²) in [6, 6.07) is 0. The van der Waals surface area contributed by atoms with Crippen LogP contribution in [0.3, 0.4) is 0 Å². The molecule has 3 nitrogen and oxygen atoms in total. The zero-order valence-corrected chi connectivity index (χ0v) is 9.82. The largest absolute Gasteiger partial charge is 0.278 e. The van der Waals surface area contributed by atoms with E-state index in [-0.39, 0.29) is 0 Å². The number of fused-ring (bicyclic) bond motifs is 1. The van der Waals surface area contributed by atoms with Gasteiger partial charge in [-0.15, -0.1) is 0 Å². The summed E-state index contributed by atoms with van der Waals surface area (Å²) in [6.07, 6.45) is 5.53. The Morgan fingerprint density at radius 2 is 2.38 bits per heavy atom. The van der Waals surface area contributed by atoms with Gasteiger partial charge in [0, 0.05) is 12.4 Å². The van der Waals surface area contributed by atoms with Crippen LogP contribution in [0.5, 0.6) is 0 Å². The normalized spacial score (nSPS) is 11.0. The smallest absolute Gasteiger partial charge is 0.175 e. The highest BCUT2D eigenvalue weighted by molar-refractivity contribution is 9.10. The van der Waals surface area contributed by atoms with Gasteiger partial charge in [0.1, 0.15) is 5.15 Å². The number of nitrogens with zero attached hydrogens (tertiary/aromatic N) is 3. The first-order valence-corrected chi connectivity index (χ1v) is 5.85. The molecule has 0 aliphatic rings. The molecule has 0 aliphatic heterocycles. The van der Waals surface area contributed by atoms with Crippen molar-refractivity contribution in [2.75, 3.05) is 6.26 Å². The van der Waals surface area contributed by atoms with Gasteiger partial charge in [-0.05, 0) is 22.2 Å². The molecular formula is C7H5BrClN3S. The van der Waals surface area contributed by atoms with Gasteiger partial charge in [0.15, 0.2) is 10.8 Å². The number of rotatable bonds is 1. The Morgan fingerprint density at radius 3 is 3.08 bits per heavy atom. The standard InChI is InChI=1S/C7H5BrClN3S/c1-13-7-11-5(9)4(8)6-10-2-3-12(6)7/h2-3H,1H3. The van der Waals surface area contributed by atoms with Crippen molar-refractivity contribution in [3.05, 3.63) is 22.0 Å². The second-order valence-corrected chi connectivity index (χ2v) is 4.25. The summed E-state index contributed by atoms with van der Waals surface area (Å²) in [7, 11) is 0. The lowest BCUT2D eigenvalue weighted by atomic mass is 10.6. The lowest BCUT2D eigenvalue weighted by Gasteiger charge is -2.03. The zero-order valence-electron chi connectivity index (χ0n) is 6.66. The van der Waals surface area contributed by atoms with E-state index in [9.17, 15) is 0 Å². The fourth-order valence-electron chi connectivity index (χ4n) is 1.04. The van der Waals surface area contributed by atoms with Crippen LogP contribution in [0.1, 0.15) is 0 Å². The Hall–Kier alpha value is -0.260. The molecule has 68 valence electrons. The van der Waals surface area contributed by atoms with Gasteiger partial charge in [0.25, 0.3) is 0 Å². The van der Waals surface area contributed by atoms with E-state index in [1.54, 1.807) is 6.20 Å². The highest BCUT2D eigenvalue weighted by atomic mass is 79.9. The average Bonchev–Trinajstić information content (AvgIpc) is 2.60. The van der Waals surface area contributed by atoms with Gasteiger partial charge in [-0.25, -0.2) is 9.97 Å². The molecule has 2 heterocycles. The molecule has 2 rings (SSSR count). The second-order valence-electron chi connectivity index (χ2n) is 2.32. The molecule has 2 aromatic rings. The van der Waals surface area contributed by atoms with Gasteiger partial charge in [-0.1, -0.05) is 23.4 Å². The van der Waals surface area contributed by atoms with Crippen LogP contribution < -0.4 is 0 Å². The van der Waals surface area contributed by atoms with Gasteiger partial charge in [0.2, 0.25) is 0 Å². The summed E-state index contributed by atoms with van der Waals surface area (Å²) in [5, 5.41) is 1.28. The van der Waals surface area contributed by atoms with E-state index in [2.05, 4.69) is 25.9 Å². The zero-order chi connectivity index (χ0) is 9.42. The quantitative estimate of drug-likeness (QED) is 0.456. The molecule has 0 amide bonds. The Kier molecular flexibility index (Phi) is 2.49. The van der Waals surface area contributed by atoms with E-state index in [0.717, 1.165) is 15.3 Å². The summed E-state index contributed by atoms with van der Waals surface area (Å²) >= 11 is 10.8. The van der Waals surface area contributed by atoms with E-state index in [0.29, 0.717) is 5.15 Å². The minimum absolute atomic E-state index is 0.447. The Labute approximate surface area is 92.6 Å². The Balaban J connectivity index is 2.87. The number of thioether (sulfide) groups is 1. The van der Waals surface area contributed by atoms with Crippen molar-refractivity contribution < 1.29 is 0 Å². The van der Waals surface area contributed by atoms with Crippen LogP contribution in [0.25, 0.3) is 5.65 Å². The summed E-state index contributed by atoms with van der Waals surface area (Å²) in [5.41, 5.74) is 0.796. The van der Waals surface area contributed by atoms with Crippen LogP contribution in [0.15, 0.2) is 22.0 Å². The fraction of sp³-hybridized carbons (Fsp3) is 0.143. The highest BCUT2D eigenvalue weighted by Crippen LogP contribution is 2.27. The maximum atomic E-state index is 5.90. The highest BCUT2D eigenvalue weighted by Gasteiger charge is 2.10. The molecule has 0 unspecified atom stereocenters. The molecule has 0 saturated heterocycles. The molecule has 6 heteroatoms. The molecule has 0 N–H and O–H groups in total. The van der Waals surface area contributed by atoms with Gasteiger partial charge in [-0.2, -0.15) is 0 Å². The summed E-state index contributed by atoms with van der Waals surface area (Å²) in [6.45, 7) is 0. The van der Waals surface area contributed by atoms with Crippen LogP contribution in [-0.2, 0) is 0 Å². The first-order chi connectivity index (χ1) is 6.24. The third-order valence-corrected chi connectivity index (χ3v) is 3.49. The molecule has 0 fully saturated rings. The maximum Gasteiger partial charge on any atom is 0.175 e. The monoisotopic (exact) mass is 277 g/mol. The van der Waals surface area contributed by atoms with Crippen LogP contribution >= 0.6 is 39.3 Å². The van der Waals surface area contributed by atoms with Crippen LogP contribution in [0.2, 0.25) is 5.15 Å². The van der Waals surface area contributed by atoms with Crippen molar-refractivity contribution in [1.82, 2.24) is 14.4 Å². The summed E-state index contributed by atoms with van der Waals surface area (Å²) in [5.74, 6) is 0. The Bertz CT molecular complexity index is 456. The predicted molar refractivity (Wildman–Crippen MR) is 57.5 cm³/mol. The molecule has 0 spiro atoms. The van der Waals surface area contributed by atoms with Crippen LogP contribution in [0, 0.1) is 0 Å². The molecule has 2 aromatic heterocycles. The number of halogens is 2. The van der Waals surface area contributed by atoms with Gasteiger partial charge in [-0.3, -0.25) is 4.40 Å². The first kappa shape index (κ1) is 9.30. The van der Waals surface area contributed by atoms with E-state index >= 15 is 0 Å². The molecule has 0 aromatic carbocycles. The Morgan fingerprint density at radius 1 is 1.62 bits per heavy atom. The molecular weight excluding hydrogens is 274 g/mol. The van der Waals surface area contributed by atoms with E-state index in [1.165, 1.54) is 11.8 Å². The average molecular weight is 279 g/mol. The minimum atomic E-state index is 0.447. The SMILES string of the molecule is CSc1nc(Cl)c(Br)c2nccn12. The number of hydrogen-bond donors (Lipinski definition) is 0. The lowest BCUT2D eigenvalue weighted by Crippen LogP contribution is -1.94. The molecule has 0 aliphatic carbocycles. The van der Waals surface area contributed by atoms with E-state index in [1.807, 2.05) is 16.9 Å².